The van der Waals surface area contributed by atoms with Crippen LogP contribution in [0.3, 0.4) is 0 Å². The molecule has 0 unspecified atom stereocenters. The highest BCUT2D eigenvalue weighted by atomic mass is 19.1. The number of halogens is 1. The fourth-order valence-corrected chi connectivity index (χ4v) is 1.91. The van der Waals surface area contributed by atoms with Crippen molar-refractivity contribution < 1.29 is 18.7 Å². The lowest BCUT2D eigenvalue weighted by atomic mass is 9.98. The van der Waals surface area contributed by atoms with Gasteiger partial charge in [-0.05, 0) is 43.0 Å². The fraction of sp³-hybridized carbons (Fsp3) is 0.429. The van der Waals surface area contributed by atoms with Gasteiger partial charge in [-0.1, -0.05) is 0 Å². The van der Waals surface area contributed by atoms with Gasteiger partial charge in [0.2, 0.25) is 0 Å². The summed E-state index contributed by atoms with van der Waals surface area (Å²) in [5, 5.41) is 0. The Kier molecular flexibility index (Phi) is 3.45. The molecule has 18 heavy (non-hydrogen) atoms. The van der Waals surface area contributed by atoms with Gasteiger partial charge in [0.15, 0.2) is 0 Å². The van der Waals surface area contributed by atoms with Gasteiger partial charge in [-0.2, -0.15) is 0 Å². The Morgan fingerprint density at radius 3 is 2.61 bits per heavy atom. The minimum absolute atomic E-state index is 0.110. The summed E-state index contributed by atoms with van der Waals surface area (Å²) in [7, 11) is 1.21. The number of carbonyl (C=O) groups excluding carboxylic acids is 2. The predicted molar refractivity (Wildman–Crippen MR) is 63.9 cm³/mol. The van der Waals surface area contributed by atoms with Gasteiger partial charge < -0.3 is 4.74 Å². The normalized spacial score (nSPS) is 14.4. The van der Waals surface area contributed by atoms with E-state index in [4.69, 9.17) is 0 Å². The number of aryl methyl sites for hydroxylation is 1. The lowest BCUT2D eigenvalue weighted by molar-refractivity contribution is -0.119. The molecule has 1 saturated carbocycles. The van der Waals surface area contributed by atoms with Crippen molar-refractivity contribution >= 4 is 11.8 Å². The molecule has 1 aliphatic rings. The van der Waals surface area contributed by atoms with Crippen LogP contribution in [-0.4, -0.2) is 18.9 Å². The first-order valence-corrected chi connectivity index (χ1v) is 5.93. The number of Topliss-reactive ketones (excluding diaryl/α,β-unsaturated/α-hetero) is 1. The first-order valence-electron chi connectivity index (χ1n) is 5.93. The van der Waals surface area contributed by atoms with Crippen molar-refractivity contribution in [3.63, 3.8) is 0 Å². The maximum atomic E-state index is 13.6. The average molecular weight is 250 g/mol. The zero-order chi connectivity index (χ0) is 13.3. The van der Waals surface area contributed by atoms with E-state index in [-0.39, 0.29) is 23.7 Å². The average Bonchev–Trinajstić information content (AvgIpc) is 3.15. The molecule has 4 heteroatoms. The van der Waals surface area contributed by atoms with Crippen LogP contribution in [-0.2, 0) is 16.0 Å². The number of carbonyl (C=O) groups is 2. The molecule has 2 rings (SSSR count). The SMILES string of the molecule is COC(=O)c1cc(CC(=O)C2CC2)c(C)cc1F. The van der Waals surface area contributed by atoms with Crippen LogP contribution in [0.1, 0.15) is 34.3 Å². The predicted octanol–water partition coefficient (Wildman–Crippen LogP) is 2.44. The molecular formula is C14H15FO3. The van der Waals surface area contributed by atoms with Gasteiger partial charge >= 0.3 is 5.97 Å². The van der Waals surface area contributed by atoms with Crippen molar-refractivity contribution in [2.45, 2.75) is 26.2 Å². The van der Waals surface area contributed by atoms with E-state index in [0.717, 1.165) is 12.8 Å². The van der Waals surface area contributed by atoms with E-state index < -0.39 is 11.8 Å². The summed E-state index contributed by atoms with van der Waals surface area (Å²) < 4.78 is 18.1. The highest BCUT2D eigenvalue weighted by Gasteiger charge is 2.29. The lowest BCUT2D eigenvalue weighted by Crippen LogP contribution is -2.10. The largest absolute Gasteiger partial charge is 0.465 e. The van der Waals surface area contributed by atoms with Crippen molar-refractivity contribution in [3.05, 3.63) is 34.6 Å². The monoisotopic (exact) mass is 250 g/mol. The van der Waals surface area contributed by atoms with E-state index in [0.29, 0.717) is 11.1 Å². The topological polar surface area (TPSA) is 43.4 Å². The van der Waals surface area contributed by atoms with Crippen LogP contribution in [0.15, 0.2) is 12.1 Å². The summed E-state index contributed by atoms with van der Waals surface area (Å²) in [5.41, 5.74) is 1.28. The van der Waals surface area contributed by atoms with Crippen LogP contribution >= 0.6 is 0 Å². The molecule has 1 aliphatic carbocycles. The third-order valence-corrected chi connectivity index (χ3v) is 3.23. The van der Waals surface area contributed by atoms with Crippen LogP contribution in [0.5, 0.6) is 0 Å². The number of rotatable bonds is 4. The van der Waals surface area contributed by atoms with Crippen molar-refractivity contribution in [3.8, 4) is 0 Å². The molecule has 3 nitrogen and oxygen atoms in total. The zero-order valence-electron chi connectivity index (χ0n) is 10.5. The maximum Gasteiger partial charge on any atom is 0.340 e. The van der Waals surface area contributed by atoms with Crippen molar-refractivity contribution in [2.75, 3.05) is 7.11 Å². The second-order valence-corrected chi connectivity index (χ2v) is 4.67. The molecule has 0 saturated heterocycles. The van der Waals surface area contributed by atoms with E-state index in [9.17, 15) is 14.0 Å². The molecule has 0 heterocycles. The van der Waals surface area contributed by atoms with Crippen LogP contribution in [0.2, 0.25) is 0 Å². The Morgan fingerprint density at radius 1 is 1.39 bits per heavy atom. The Hall–Kier alpha value is -1.71. The molecule has 0 aromatic heterocycles. The van der Waals surface area contributed by atoms with Crippen molar-refractivity contribution in [1.82, 2.24) is 0 Å². The van der Waals surface area contributed by atoms with Gasteiger partial charge in [0.25, 0.3) is 0 Å². The summed E-state index contributed by atoms with van der Waals surface area (Å²) in [4.78, 5) is 23.1. The smallest absolute Gasteiger partial charge is 0.340 e. The van der Waals surface area contributed by atoms with E-state index in [1.165, 1.54) is 19.2 Å². The molecule has 0 aliphatic heterocycles. The van der Waals surface area contributed by atoms with Crippen molar-refractivity contribution in [1.29, 1.82) is 0 Å². The molecule has 0 bridgehead atoms. The van der Waals surface area contributed by atoms with Gasteiger partial charge in [0.05, 0.1) is 12.7 Å². The van der Waals surface area contributed by atoms with Crippen LogP contribution < -0.4 is 0 Å². The van der Waals surface area contributed by atoms with Gasteiger partial charge in [-0.3, -0.25) is 4.79 Å². The van der Waals surface area contributed by atoms with E-state index in [1.807, 2.05) is 0 Å². The summed E-state index contributed by atoms with van der Waals surface area (Å²) in [6.45, 7) is 1.74. The molecule has 0 N–H and O–H groups in total. The quantitative estimate of drug-likeness (QED) is 0.771. The minimum atomic E-state index is -0.715. The summed E-state index contributed by atoms with van der Waals surface area (Å²) in [6.07, 6.45) is 2.16. The number of methoxy groups -OCH3 is 1. The molecule has 0 radical (unpaired) electrons. The van der Waals surface area contributed by atoms with Gasteiger partial charge in [0.1, 0.15) is 11.6 Å². The molecule has 0 amide bonds. The third-order valence-electron chi connectivity index (χ3n) is 3.23. The number of ether oxygens (including phenoxy) is 1. The number of benzene rings is 1. The molecule has 1 fully saturated rings. The number of ketones is 1. The Morgan fingerprint density at radius 2 is 2.06 bits per heavy atom. The van der Waals surface area contributed by atoms with Crippen molar-refractivity contribution in [2.24, 2.45) is 5.92 Å². The van der Waals surface area contributed by atoms with Gasteiger partial charge in [0, 0.05) is 12.3 Å². The molecule has 1 aromatic carbocycles. The molecular weight excluding hydrogens is 235 g/mol. The maximum absolute atomic E-state index is 13.6. The Labute approximate surface area is 105 Å². The molecule has 0 spiro atoms. The summed E-state index contributed by atoms with van der Waals surface area (Å²) >= 11 is 0. The Bertz CT molecular complexity index is 504. The standard InChI is InChI=1S/C14H15FO3/c1-8-5-12(15)11(14(17)18-2)6-10(8)7-13(16)9-3-4-9/h5-6,9H,3-4,7H2,1-2H3. The number of hydrogen-bond donors (Lipinski definition) is 0. The molecule has 0 atom stereocenters. The molecule has 1 aromatic rings. The third kappa shape index (κ3) is 2.58. The minimum Gasteiger partial charge on any atom is -0.465 e. The first kappa shape index (κ1) is 12.7. The van der Waals surface area contributed by atoms with Gasteiger partial charge in [-0.15, -0.1) is 0 Å². The fourth-order valence-electron chi connectivity index (χ4n) is 1.91. The highest BCUT2D eigenvalue weighted by molar-refractivity contribution is 5.91. The summed E-state index contributed by atoms with van der Waals surface area (Å²) in [5.74, 6) is -0.994. The number of esters is 1. The second-order valence-electron chi connectivity index (χ2n) is 4.67. The lowest BCUT2D eigenvalue weighted by Gasteiger charge is -2.08. The molecule has 96 valence electrons. The van der Waals surface area contributed by atoms with E-state index >= 15 is 0 Å². The van der Waals surface area contributed by atoms with Crippen LogP contribution in [0.25, 0.3) is 0 Å². The number of hydrogen-bond acceptors (Lipinski definition) is 3. The van der Waals surface area contributed by atoms with Crippen LogP contribution in [0, 0.1) is 18.7 Å². The summed E-state index contributed by atoms with van der Waals surface area (Å²) in [6, 6.07) is 2.71. The second kappa shape index (κ2) is 4.88. The Balaban J connectivity index is 2.28. The van der Waals surface area contributed by atoms with Crippen LogP contribution in [0.4, 0.5) is 4.39 Å². The zero-order valence-corrected chi connectivity index (χ0v) is 10.5. The first-order chi connectivity index (χ1) is 8.52. The van der Waals surface area contributed by atoms with E-state index in [2.05, 4.69) is 4.74 Å². The highest BCUT2D eigenvalue weighted by Crippen LogP contribution is 2.31. The van der Waals surface area contributed by atoms with E-state index in [1.54, 1.807) is 6.92 Å². The van der Waals surface area contributed by atoms with Gasteiger partial charge in [-0.25, -0.2) is 9.18 Å².